The molecule has 0 saturated carbocycles. The fourth-order valence-electron chi connectivity index (χ4n) is 1.91. The van der Waals surface area contributed by atoms with Gasteiger partial charge in [-0.15, -0.1) is 0 Å². The van der Waals surface area contributed by atoms with Crippen LogP contribution in [0.25, 0.3) is 5.70 Å². The monoisotopic (exact) mass is 306 g/mol. The standard InChI is InChI=1S/C16H16Cl2N2/c1-12(15-7-6-14(17)10-16(15)18)20-9-3-5-13-4-2-8-19-11-13/h2,4,6-8,10-11,20H,1,3,5,9H2. The zero-order valence-corrected chi connectivity index (χ0v) is 12.6. The molecule has 2 rings (SSSR count). The van der Waals surface area contributed by atoms with E-state index in [9.17, 15) is 0 Å². The van der Waals surface area contributed by atoms with Crippen LogP contribution >= 0.6 is 23.2 Å². The van der Waals surface area contributed by atoms with Crippen molar-refractivity contribution < 1.29 is 0 Å². The molecule has 0 aliphatic rings. The molecule has 0 bridgehead atoms. The average Bonchev–Trinajstić information content (AvgIpc) is 2.44. The summed E-state index contributed by atoms with van der Waals surface area (Å²) in [5.74, 6) is 0. The van der Waals surface area contributed by atoms with Gasteiger partial charge in [-0.2, -0.15) is 0 Å². The normalized spacial score (nSPS) is 10.3. The van der Waals surface area contributed by atoms with Crippen LogP contribution in [0.4, 0.5) is 0 Å². The van der Waals surface area contributed by atoms with E-state index in [1.165, 1.54) is 5.56 Å². The maximum atomic E-state index is 6.14. The molecule has 0 saturated heterocycles. The van der Waals surface area contributed by atoms with Crippen LogP contribution in [0.2, 0.25) is 10.0 Å². The first-order chi connectivity index (χ1) is 9.66. The molecule has 0 amide bonds. The minimum atomic E-state index is 0.613. The number of hydrogen-bond acceptors (Lipinski definition) is 2. The van der Waals surface area contributed by atoms with E-state index in [1.807, 2.05) is 24.4 Å². The lowest BCUT2D eigenvalue weighted by Crippen LogP contribution is -2.14. The van der Waals surface area contributed by atoms with Crippen molar-refractivity contribution >= 4 is 28.9 Å². The Morgan fingerprint density at radius 3 is 2.80 bits per heavy atom. The van der Waals surface area contributed by atoms with Gasteiger partial charge < -0.3 is 5.32 Å². The molecule has 1 N–H and O–H groups in total. The summed E-state index contributed by atoms with van der Waals surface area (Å²) < 4.78 is 0. The summed E-state index contributed by atoms with van der Waals surface area (Å²) in [7, 11) is 0. The Labute approximate surface area is 129 Å². The molecule has 2 aromatic rings. The van der Waals surface area contributed by atoms with Crippen molar-refractivity contribution in [3.05, 3.63) is 70.5 Å². The Hall–Kier alpha value is -1.51. The van der Waals surface area contributed by atoms with E-state index in [0.29, 0.717) is 10.0 Å². The molecular formula is C16H16Cl2N2. The molecule has 0 unspecified atom stereocenters. The molecule has 0 atom stereocenters. The number of hydrogen-bond donors (Lipinski definition) is 1. The third kappa shape index (κ3) is 4.26. The van der Waals surface area contributed by atoms with Gasteiger partial charge in [0, 0.05) is 35.2 Å². The molecule has 20 heavy (non-hydrogen) atoms. The van der Waals surface area contributed by atoms with Gasteiger partial charge >= 0.3 is 0 Å². The number of pyridine rings is 1. The largest absolute Gasteiger partial charge is 0.385 e. The Bertz CT molecular complexity index is 582. The minimum Gasteiger partial charge on any atom is -0.385 e. The lowest BCUT2D eigenvalue weighted by atomic mass is 10.1. The zero-order chi connectivity index (χ0) is 14.4. The molecule has 0 spiro atoms. The van der Waals surface area contributed by atoms with Crippen LogP contribution in [0.15, 0.2) is 49.3 Å². The average molecular weight is 307 g/mol. The van der Waals surface area contributed by atoms with Gasteiger partial charge in [-0.1, -0.05) is 35.8 Å². The number of nitrogens with zero attached hydrogens (tertiary/aromatic N) is 1. The van der Waals surface area contributed by atoms with Gasteiger partial charge in [0.05, 0.1) is 5.02 Å². The molecule has 1 aromatic carbocycles. The molecule has 104 valence electrons. The van der Waals surface area contributed by atoms with Gasteiger partial charge in [0.25, 0.3) is 0 Å². The molecular weight excluding hydrogens is 291 g/mol. The van der Waals surface area contributed by atoms with E-state index in [2.05, 4.69) is 22.9 Å². The summed E-state index contributed by atoms with van der Waals surface area (Å²) in [4.78, 5) is 4.10. The van der Waals surface area contributed by atoms with Crippen LogP contribution in [-0.2, 0) is 6.42 Å². The predicted molar refractivity (Wildman–Crippen MR) is 86.1 cm³/mol. The van der Waals surface area contributed by atoms with Gasteiger partial charge in [0.2, 0.25) is 0 Å². The first-order valence-corrected chi connectivity index (χ1v) is 7.19. The van der Waals surface area contributed by atoms with Gasteiger partial charge in [0.15, 0.2) is 0 Å². The highest BCUT2D eigenvalue weighted by atomic mass is 35.5. The Kier molecular flexibility index (Phi) is 5.45. The van der Waals surface area contributed by atoms with Crippen LogP contribution in [0, 0.1) is 0 Å². The first-order valence-electron chi connectivity index (χ1n) is 6.44. The van der Waals surface area contributed by atoms with Crippen molar-refractivity contribution in [3.63, 3.8) is 0 Å². The van der Waals surface area contributed by atoms with Gasteiger partial charge in [0.1, 0.15) is 0 Å². The topological polar surface area (TPSA) is 24.9 Å². The Balaban J connectivity index is 1.80. The summed E-state index contributed by atoms with van der Waals surface area (Å²) in [5.41, 5.74) is 2.94. The van der Waals surface area contributed by atoms with Gasteiger partial charge in [-0.25, -0.2) is 0 Å². The molecule has 0 radical (unpaired) electrons. The van der Waals surface area contributed by atoms with E-state index in [4.69, 9.17) is 23.2 Å². The van der Waals surface area contributed by atoms with Gasteiger partial charge in [-0.05, 0) is 42.7 Å². The van der Waals surface area contributed by atoms with Crippen molar-refractivity contribution in [2.24, 2.45) is 0 Å². The second-order valence-corrected chi connectivity index (χ2v) is 5.34. The SMILES string of the molecule is C=C(NCCCc1cccnc1)c1ccc(Cl)cc1Cl. The highest BCUT2D eigenvalue weighted by Gasteiger charge is 2.04. The summed E-state index contributed by atoms with van der Waals surface area (Å²) >= 11 is 12.0. The van der Waals surface area contributed by atoms with E-state index < -0.39 is 0 Å². The number of aryl methyl sites for hydroxylation is 1. The van der Waals surface area contributed by atoms with E-state index >= 15 is 0 Å². The van der Waals surface area contributed by atoms with E-state index in [1.54, 1.807) is 12.3 Å². The van der Waals surface area contributed by atoms with Crippen molar-refractivity contribution in [1.29, 1.82) is 0 Å². The van der Waals surface area contributed by atoms with Crippen LogP contribution in [0.1, 0.15) is 17.5 Å². The third-order valence-corrected chi connectivity index (χ3v) is 3.51. The quantitative estimate of drug-likeness (QED) is 0.790. The minimum absolute atomic E-state index is 0.613. The molecule has 0 fully saturated rings. The second-order valence-electron chi connectivity index (χ2n) is 4.49. The van der Waals surface area contributed by atoms with Crippen molar-refractivity contribution in [3.8, 4) is 0 Å². The maximum absolute atomic E-state index is 6.14. The van der Waals surface area contributed by atoms with E-state index in [0.717, 1.165) is 30.6 Å². The summed E-state index contributed by atoms with van der Waals surface area (Å²) in [6, 6.07) is 9.44. The highest BCUT2D eigenvalue weighted by Crippen LogP contribution is 2.24. The predicted octanol–water partition coefficient (Wildman–Crippen LogP) is 4.58. The zero-order valence-electron chi connectivity index (χ0n) is 11.1. The molecule has 0 aliphatic carbocycles. The van der Waals surface area contributed by atoms with E-state index in [-0.39, 0.29) is 0 Å². The fraction of sp³-hybridized carbons (Fsp3) is 0.188. The summed E-state index contributed by atoms with van der Waals surface area (Å²) in [5, 5.41) is 4.53. The third-order valence-electron chi connectivity index (χ3n) is 2.96. The van der Waals surface area contributed by atoms with Crippen LogP contribution < -0.4 is 5.32 Å². The second kappa shape index (κ2) is 7.32. The number of benzene rings is 1. The number of rotatable bonds is 6. The maximum Gasteiger partial charge on any atom is 0.0513 e. The molecule has 1 aromatic heterocycles. The fourth-order valence-corrected chi connectivity index (χ4v) is 2.43. The lowest BCUT2D eigenvalue weighted by molar-refractivity contribution is 0.761. The van der Waals surface area contributed by atoms with Gasteiger partial charge in [-0.3, -0.25) is 4.98 Å². The van der Waals surface area contributed by atoms with Crippen LogP contribution in [0.5, 0.6) is 0 Å². The van der Waals surface area contributed by atoms with Crippen molar-refractivity contribution in [2.45, 2.75) is 12.8 Å². The summed E-state index contributed by atoms with van der Waals surface area (Å²) in [6.07, 6.45) is 5.68. The molecule has 0 aliphatic heterocycles. The summed E-state index contributed by atoms with van der Waals surface area (Å²) in [6.45, 7) is 4.85. The number of halogens is 2. The Morgan fingerprint density at radius 2 is 2.10 bits per heavy atom. The van der Waals surface area contributed by atoms with Crippen molar-refractivity contribution in [2.75, 3.05) is 6.54 Å². The van der Waals surface area contributed by atoms with Crippen molar-refractivity contribution in [1.82, 2.24) is 10.3 Å². The molecule has 4 heteroatoms. The molecule has 2 nitrogen and oxygen atoms in total. The van der Waals surface area contributed by atoms with Crippen LogP contribution in [0.3, 0.4) is 0 Å². The number of aromatic nitrogens is 1. The smallest absolute Gasteiger partial charge is 0.0513 e. The lowest BCUT2D eigenvalue weighted by Gasteiger charge is -2.11. The number of nitrogens with one attached hydrogen (secondary N) is 1. The first kappa shape index (κ1) is 14.9. The highest BCUT2D eigenvalue weighted by molar-refractivity contribution is 6.35. The molecule has 1 heterocycles. The van der Waals surface area contributed by atoms with Crippen LogP contribution in [-0.4, -0.2) is 11.5 Å². The Morgan fingerprint density at radius 1 is 1.25 bits per heavy atom.